The van der Waals surface area contributed by atoms with E-state index in [1.54, 1.807) is 0 Å². The molecule has 20 heavy (non-hydrogen) atoms. The summed E-state index contributed by atoms with van der Waals surface area (Å²) in [6.45, 7) is 3.02. The maximum Gasteiger partial charge on any atom is 0.0761 e. The van der Waals surface area contributed by atoms with Crippen LogP contribution < -0.4 is 5.32 Å². The first-order chi connectivity index (χ1) is 9.68. The zero-order chi connectivity index (χ0) is 14.4. The minimum atomic E-state index is 0.767. The summed E-state index contributed by atoms with van der Waals surface area (Å²) >= 11 is 6.20. The van der Waals surface area contributed by atoms with Crippen molar-refractivity contribution in [3.8, 4) is 0 Å². The van der Waals surface area contributed by atoms with Crippen molar-refractivity contribution in [1.29, 1.82) is 0 Å². The lowest BCUT2D eigenvalue weighted by molar-refractivity contribution is 0.391. The van der Waals surface area contributed by atoms with Gasteiger partial charge < -0.3 is 10.2 Å². The number of nitrogens with zero attached hydrogens (tertiary/aromatic N) is 2. The first-order valence-electron chi connectivity index (χ1n) is 7.06. The van der Waals surface area contributed by atoms with Crippen molar-refractivity contribution in [2.45, 2.75) is 19.4 Å². The highest BCUT2D eigenvalue weighted by Crippen LogP contribution is 2.24. The Hall–Kier alpha value is -1.16. The van der Waals surface area contributed by atoms with Gasteiger partial charge >= 0.3 is 0 Å². The Labute approximate surface area is 126 Å². The lowest BCUT2D eigenvalue weighted by atomic mass is 10.1. The van der Waals surface area contributed by atoms with E-state index in [2.05, 4.69) is 35.4 Å². The Morgan fingerprint density at radius 3 is 2.85 bits per heavy atom. The van der Waals surface area contributed by atoms with Gasteiger partial charge in [-0.1, -0.05) is 17.7 Å². The van der Waals surface area contributed by atoms with Gasteiger partial charge in [-0.3, -0.25) is 4.98 Å². The number of aromatic nitrogens is 1. The molecular weight excluding hydrogens is 270 g/mol. The fourth-order valence-electron chi connectivity index (χ4n) is 2.24. The average molecular weight is 292 g/mol. The topological polar surface area (TPSA) is 28.2 Å². The number of pyridine rings is 1. The van der Waals surface area contributed by atoms with Gasteiger partial charge in [-0.05, 0) is 63.8 Å². The molecule has 0 atom stereocenters. The normalized spacial score (nSPS) is 11.4. The van der Waals surface area contributed by atoms with Crippen LogP contribution in [0.4, 0.5) is 0 Å². The second-order valence-electron chi connectivity index (χ2n) is 5.29. The fourth-order valence-corrected chi connectivity index (χ4v) is 2.46. The SMILES string of the molecule is CN(C)CCCCNCc1ccc(Cl)c2cccnc12. The predicted octanol–water partition coefficient (Wildman–Crippen LogP) is 3.32. The minimum Gasteiger partial charge on any atom is -0.313 e. The second-order valence-corrected chi connectivity index (χ2v) is 5.70. The third kappa shape index (κ3) is 4.17. The summed E-state index contributed by atoms with van der Waals surface area (Å²) in [7, 11) is 4.22. The number of unbranched alkanes of at least 4 members (excludes halogenated alkanes) is 1. The van der Waals surface area contributed by atoms with Crippen molar-refractivity contribution in [2.24, 2.45) is 0 Å². The molecule has 1 aromatic carbocycles. The molecule has 0 aliphatic carbocycles. The zero-order valence-corrected chi connectivity index (χ0v) is 13.0. The number of nitrogens with one attached hydrogen (secondary N) is 1. The van der Waals surface area contributed by atoms with E-state index in [1.807, 2.05) is 24.4 Å². The van der Waals surface area contributed by atoms with Crippen molar-refractivity contribution in [1.82, 2.24) is 15.2 Å². The Balaban J connectivity index is 1.89. The van der Waals surface area contributed by atoms with Crippen LogP contribution in [0.25, 0.3) is 10.9 Å². The molecule has 3 nitrogen and oxygen atoms in total. The Kier molecular flexibility index (Phi) is 5.77. The lowest BCUT2D eigenvalue weighted by Gasteiger charge is -2.10. The summed E-state index contributed by atoms with van der Waals surface area (Å²) in [6, 6.07) is 7.96. The molecule has 0 saturated heterocycles. The van der Waals surface area contributed by atoms with Crippen LogP contribution in [0, 0.1) is 0 Å². The fraction of sp³-hybridized carbons (Fsp3) is 0.438. The van der Waals surface area contributed by atoms with Crippen LogP contribution >= 0.6 is 11.6 Å². The van der Waals surface area contributed by atoms with E-state index < -0.39 is 0 Å². The molecule has 2 aromatic rings. The zero-order valence-electron chi connectivity index (χ0n) is 12.2. The number of hydrogen-bond donors (Lipinski definition) is 1. The summed E-state index contributed by atoms with van der Waals surface area (Å²) in [5, 5.41) is 5.28. The molecule has 0 bridgehead atoms. The molecule has 108 valence electrons. The van der Waals surface area contributed by atoms with Crippen molar-refractivity contribution >= 4 is 22.5 Å². The molecule has 0 spiro atoms. The molecule has 1 N–H and O–H groups in total. The van der Waals surface area contributed by atoms with Gasteiger partial charge in [-0.2, -0.15) is 0 Å². The summed E-state index contributed by atoms with van der Waals surface area (Å²) in [4.78, 5) is 6.67. The predicted molar refractivity (Wildman–Crippen MR) is 86.2 cm³/mol. The van der Waals surface area contributed by atoms with E-state index in [1.165, 1.54) is 18.4 Å². The molecule has 0 aliphatic heterocycles. The standard InChI is InChI=1S/C16H22ClN3/c1-20(2)11-4-3-9-18-12-13-7-8-15(17)14-6-5-10-19-16(13)14/h5-8,10,18H,3-4,9,11-12H2,1-2H3. The molecule has 0 unspecified atom stereocenters. The van der Waals surface area contributed by atoms with Gasteiger partial charge in [0, 0.05) is 23.2 Å². The maximum atomic E-state index is 6.20. The summed E-state index contributed by atoms with van der Waals surface area (Å²) in [5.74, 6) is 0. The van der Waals surface area contributed by atoms with Crippen LogP contribution in [-0.2, 0) is 6.54 Å². The van der Waals surface area contributed by atoms with Crippen molar-refractivity contribution in [3.05, 3.63) is 41.0 Å². The maximum absolute atomic E-state index is 6.20. The van der Waals surface area contributed by atoms with Crippen LogP contribution in [0.2, 0.25) is 5.02 Å². The second kappa shape index (κ2) is 7.58. The summed E-state index contributed by atoms with van der Waals surface area (Å²) in [6.07, 6.45) is 4.23. The van der Waals surface area contributed by atoms with Crippen LogP contribution in [0.15, 0.2) is 30.5 Å². The molecule has 1 aromatic heterocycles. The van der Waals surface area contributed by atoms with Crippen molar-refractivity contribution in [2.75, 3.05) is 27.2 Å². The number of hydrogen-bond acceptors (Lipinski definition) is 3. The van der Waals surface area contributed by atoms with Gasteiger partial charge in [0.15, 0.2) is 0 Å². The van der Waals surface area contributed by atoms with Gasteiger partial charge in [0.05, 0.1) is 5.52 Å². The first kappa shape index (κ1) is 15.2. The molecule has 4 heteroatoms. The molecule has 0 radical (unpaired) electrons. The Bertz CT molecular complexity index is 554. The van der Waals surface area contributed by atoms with Crippen LogP contribution in [0.5, 0.6) is 0 Å². The number of benzene rings is 1. The third-order valence-electron chi connectivity index (χ3n) is 3.32. The largest absolute Gasteiger partial charge is 0.313 e. The number of rotatable bonds is 7. The van der Waals surface area contributed by atoms with Crippen molar-refractivity contribution < 1.29 is 0 Å². The lowest BCUT2D eigenvalue weighted by Crippen LogP contribution is -2.18. The highest BCUT2D eigenvalue weighted by Gasteiger charge is 2.05. The molecule has 0 amide bonds. The first-order valence-corrected chi connectivity index (χ1v) is 7.44. The average Bonchev–Trinajstić information content (AvgIpc) is 2.45. The smallest absolute Gasteiger partial charge is 0.0761 e. The molecule has 2 rings (SSSR count). The minimum absolute atomic E-state index is 0.767. The van der Waals surface area contributed by atoms with E-state index in [0.717, 1.165) is 35.6 Å². The van der Waals surface area contributed by atoms with E-state index >= 15 is 0 Å². The van der Waals surface area contributed by atoms with Crippen LogP contribution in [0.3, 0.4) is 0 Å². The number of fused-ring (bicyclic) bond motifs is 1. The third-order valence-corrected chi connectivity index (χ3v) is 3.65. The van der Waals surface area contributed by atoms with Crippen LogP contribution in [0.1, 0.15) is 18.4 Å². The van der Waals surface area contributed by atoms with E-state index in [0.29, 0.717) is 0 Å². The molecular formula is C16H22ClN3. The van der Waals surface area contributed by atoms with Gasteiger partial charge in [0.1, 0.15) is 0 Å². The van der Waals surface area contributed by atoms with Gasteiger partial charge in [-0.15, -0.1) is 0 Å². The highest BCUT2D eigenvalue weighted by molar-refractivity contribution is 6.35. The molecule has 1 heterocycles. The summed E-state index contributed by atoms with van der Waals surface area (Å²) in [5.41, 5.74) is 2.21. The van der Waals surface area contributed by atoms with E-state index in [4.69, 9.17) is 11.6 Å². The molecule has 0 saturated carbocycles. The molecule has 0 fully saturated rings. The summed E-state index contributed by atoms with van der Waals surface area (Å²) < 4.78 is 0. The quantitative estimate of drug-likeness (QED) is 0.793. The number of halogens is 1. The van der Waals surface area contributed by atoms with Gasteiger partial charge in [-0.25, -0.2) is 0 Å². The van der Waals surface area contributed by atoms with E-state index in [9.17, 15) is 0 Å². The van der Waals surface area contributed by atoms with Crippen molar-refractivity contribution in [3.63, 3.8) is 0 Å². The highest BCUT2D eigenvalue weighted by atomic mass is 35.5. The van der Waals surface area contributed by atoms with Gasteiger partial charge in [0.25, 0.3) is 0 Å². The molecule has 0 aliphatic rings. The van der Waals surface area contributed by atoms with Crippen LogP contribution in [-0.4, -0.2) is 37.1 Å². The Morgan fingerprint density at radius 1 is 1.20 bits per heavy atom. The Morgan fingerprint density at radius 2 is 2.05 bits per heavy atom. The van der Waals surface area contributed by atoms with Gasteiger partial charge in [0.2, 0.25) is 0 Å². The monoisotopic (exact) mass is 291 g/mol. The van der Waals surface area contributed by atoms with E-state index in [-0.39, 0.29) is 0 Å².